The molecule has 0 aliphatic carbocycles. The van der Waals surface area contributed by atoms with Crippen LogP contribution in [0.2, 0.25) is 0 Å². The standard InChI is InChI=1S/C6H12O6/c7-1-4(9)6(11)5(10)3(8)2-12-6/h3-5,7-11H,1-2H2/t3-,4-,5-,6?/m1/s1. The molecule has 12 heavy (non-hydrogen) atoms. The Labute approximate surface area is 68.6 Å². The summed E-state index contributed by atoms with van der Waals surface area (Å²) in [7, 11) is 0. The molecule has 1 heterocycles. The number of aliphatic hydroxyl groups excluding tert-OH is 4. The van der Waals surface area contributed by atoms with Gasteiger partial charge in [-0.05, 0) is 0 Å². The van der Waals surface area contributed by atoms with Gasteiger partial charge in [0.1, 0.15) is 18.3 Å². The van der Waals surface area contributed by atoms with E-state index in [0.717, 1.165) is 0 Å². The van der Waals surface area contributed by atoms with Gasteiger partial charge in [-0.25, -0.2) is 0 Å². The molecule has 6 nitrogen and oxygen atoms in total. The van der Waals surface area contributed by atoms with Gasteiger partial charge in [0, 0.05) is 0 Å². The average molecular weight is 180 g/mol. The van der Waals surface area contributed by atoms with E-state index in [2.05, 4.69) is 4.74 Å². The second-order valence-corrected chi connectivity index (χ2v) is 2.77. The van der Waals surface area contributed by atoms with Crippen molar-refractivity contribution in [3.63, 3.8) is 0 Å². The first-order valence-corrected chi connectivity index (χ1v) is 3.53. The van der Waals surface area contributed by atoms with E-state index in [9.17, 15) is 5.11 Å². The van der Waals surface area contributed by atoms with Gasteiger partial charge in [-0.3, -0.25) is 0 Å². The number of ether oxygens (including phenoxy) is 1. The van der Waals surface area contributed by atoms with Crippen molar-refractivity contribution >= 4 is 0 Å². The first-order valence-electron chi connectivity index (χ1n) is 3.53. The van der Waals surface area contributed by atoms with Gasteiger partial charge in [0.25, 0.3) is 0 Å². The lowest BCUT2D eigenvalue weighted by atomic mass is 10.0. The van der Waals surface area contributed by atoms with Gasteiger partial charge in [0.15, 0.2) is 0 Å². The Morgan fingerprint density at radius 2 is 2.08 bits per heavy atom. The lowest BCUT2D eigenvalue weighted by Crippen LogP contribution is -2.53. The zero-order chi connectivity index (χ0) is 9.35. The van der Waals surface area contributed by atoms with Gasteiger partial charge < -0.3 is 30.3 Å². The summed E-state index contributed by atoms with van der Waals surface area (Å²) < 4.78 is 4.56. The second-order valence-electron chi connectivity index (χ2n) is 2.77. The highest BCUT2D eigenvalue weighted by Crippen LogP contribution is 2.27. The van der Waals surface area contributed by atoms with Crippen LogP contribution in [-0.4, -0.2) is 62.8 Å². The van der Waals surface area contributed by atoms with Crippen LogP contribution in [0.3, 0.4) is 0 Å². The van der Waals surface area contributed by atoms with Crippen LogP contribution in [-0.2, 0) is 4.74 Å². The SMILES string of the molecule is OC[C@@H](O)C1(O)OC[C@@H](O)[C@H]1O. The minimum atomic E-state index is -2.26. The maximum Gasteiger partial charge on any atom is 0.224 e. The highest BCUT2D eigenvalue weighted by molar-refractivity contribution is 4.94. The predicted octanol–water partition coefficient (Wildman–Crippen LogP) is -3.22. The third kappa shape index (κ3) is 1.33. The molecule has 1 unspecified atom stereocenters. The molecular formula is C6H12O6. The van der Waals surface area contributed by atoms with Crippen molar-refractivity contribution in [3.05, 3.63) is 0 Å². The van der Waals surface area contributed by atoms with Gasteiger partial charge in [0.2, 0.25) is 5.79 Å². The van der Waals surface area contributed by atoms with Crippen molar-refractivity contribution in [1.29, 1.82) is 0 Å². The summed E-state index contributed by atoms with van der Waals surface area (Å²) in [6, 6.07) is 0. The molecule has 0 aromatic rings. The van der Waals surface area contributed by atoms with Crippen LogP contribution in [0.5, 0.6) is 0 Å². The molecule has 0 aromatic heterocycles. The van der Waals surface area contributed by atoms with E-state index in [4.69, 9.17) is 20.4 Å². The molecular weight excluding hydrogens is 168 g/mol. The van der Waals surface area contributed by atoms with Gasteiger partial charge in [-0.15, -0.1) is 0 Å². The van der Waals surface area contributed by atoms with Gasteiger partial charge in [0.05, 0.1) is 13.2 Å². The summed E-state index contributed by atoms with van der Waals surface area (Å²) in [5.41, 5.74) is 0. The van der Waals surface area contributed by atoms with E-state index in [1.807, 2.05) is 0 Å². The molecule has 0 radical (unpaired) electrons. The zero-order valence-corrected chi connectivity index (χ0v) is 6.29. The molecule has 0 bridgehead atoms. The van der Waals surface area contributed by atoms with Crippen molar-refractivity contribution in [2.24, 2.45) is 0 Å². The fraction of sp³-hybridized carbons (Fsp3) is 1.00. The van der Waals surface area contributed by atoms with Crippen LogP contribution in [0.25, 0.3) is 0 Å². The number of hydrogen-bond acceptors (Lipinski definition) is 6. The summed E-state index contributed by atoms with van der Waals surface area (Å²) >= 11 is 0. The summed E-state index contributed by atoms with van der Waals surface area (Å²) in [5, 5.41) is 44.9. The molecule has 0 aromatic carbocycles. The van der Waals surface area contributed by atoms with E-state index in [1.54, 1.807) is 0 Å². The molecule has 0 amide bonds. The molecule has 1 aliphatic rings. The van der Waals surface area contributed by atoms with Crippen molar-refractivity contribution in [1.82, 2.24) is 0 Å². The van der Waals surface area contributed by atoms with Crippen LogP contribution >= 0.6 is 0 Å². The Morgan fingerprint density at radius 1 is 1.50 bits per heavy atom. The highest BCUT2D eigenvalue weighted by Gasteiger charge is 2.52. The summed E-state index contributed by atoms with van der Waals surface area (Å²) in [4.78, 5) is 0. The third-order valence-electron chi connectivity index (χ3n) is 1.92. The summed E-state index contributed by atoms with van der Waals surface area (Å²) in [6.45, 7) is -1.02. The maximum absolute atomic E-state index is 9.36. The quantitative estimate of drug-likeness (QED) is 0.306. The average Bonchev–Trinajstić information content (AvgIpc) is 2.33. The molecule has 6 heteroatoms. The zero-order valence-electron chi connectivity index (χ0n) is 6.29. The Bertz CT molecular complexity index is 162. The lowest BCUT2D eigenvalue weighted by molar-refractivity contribution is -0.271. The Hall–Kier alpha value is -0.240. The topological polar surface area (TPSA) is 110 Å². The van der Waals surface area contributed by atoms with Crippen molar-refractivity contribution in [2.75, 3.05) is 13.2 Å². The highest BCUT2D eigenvalue weighted by atomic mass is 16.7. The van der Waals surface area contributed by atoms with Crippen LogP contribution < -0.4 is 0 Å². The number of hydrogen-bond donors (Lipinski definition) is 5. The monoisotopic (exact) mass is 180 g/mol. The van der Waals surface area contributed by atoms with E-state index >= 15 is 0 Å². The molecule has 4 atom stereocenters. The minimum Gasteiger partial charge on any atom is -0.393 e. The third-order valence-corrected chi connectivity index (χ3v) is 1.92. The van der Waals surface area contributed by atoms with Gasteiger partial charge in [-0.1, -0.05) is 0 Å². The molecule has 5 N–H and O–H groups in total. The first-order chi connectivity index (χ1) is 5.52. The van der Waals surface area contributed by atoms with Crippen molar-refractivity contribution < 1.29 is 30.3 Å². The second kappa shape index (κ2) is 3.25. The van der Waals surface area contributed by atoms with Gasteiger partial charge in [-0.2, -0.15) is 0 Å². The van der Waals surface area contributed by atoms with E-state index in [-0.39, 0.29) is 6.61 Å². The van der Waals surface area contributed by atoms with Crippen LogP contribution in [0.15, 0.2) is 0 Å². The first kappa shape index (κ1) is 9.85. The molecule has 72 valence electrons. The van der Waals surface area contributed by atoms with Crippen molar-refractivity contribution in [3.8, 4) is 0 Å². The smallest absolute Gasteiger partial charge is 0.224 e. The largest absolute Gasteiger partial charge is 0.393 e. The Balaban J connectivity index is 2.71. The number of aliphatic hydroxyl groups is 5. The number of rotatable bonds is 2. The van der Waals surface area contributed by atoms with E-state index < -0.39 is 30.7 Å². The van der Waals surface area contributed by atoms with Crippen molar-refractivity contribution in [2.45, 2.75) is 24.1 Å². The Morgan fingerprint density at radius 3 is 2.42 bits per heavy atom. The van der Waals surface area contributed by atoms with Crippen LogP contribution in [0, 0.1) is 0 Å². The molecule has 0 saturated carbocycles. The molecule has 1 aliphatic heterocycles. The normalized spacial score (nSPS) is 44.8. The molecule has 1 fully saturated rings. The predicted molar refractivity (Wildman–Crippen MR) is 36.0 cm³/mol. The fourth-order valence-corrected chi connectivity index (χ4v) is 1.10. The summed E-state index contributed by atoms with van der Waals surface area (Å²) in [5.74, 6) is -2.26. The fourth-order valence-electron chi connectivity index (χ4n) is 1.10. The molecule has 1 rings (SSSR count). The van der Waals surface area contributed by atoms with E-state index in [0.29, 0.717) is 0 Å². The summed E-state index contributed by atoms with van der Waals surface area (Å²) in [6.07, 6.45) is -4.46. The maximum atomic E-state index is 9.36. The van der Waals surface area contributed by atoms with Crippen LogP contribution in [0.1, 0.15) is 0 Å². The van der Waals surface area contributed by atoms with E-state index in [1.165, 1.54) is 0 Å². The van der Waals surface area contributed by atoms with Gasteiger partial charge >= 0.3 is 0 Å². The minimum absolute atomic E-state index is 0.269. The lowest BCUT2D eigenvalue weighted by Gasteiger charge is -2.29. The Kier molecular flexibility index (Phi) is 2.67. The van der Waals surface area contributed by atoms with Crippen LogP contribution in [0.4, 0.5) is 0 Å². The molecule has 1 saturated heterocycles. The molecule has 0 spiro atoms.